The van der Waals surface area contributed by atoms with Gasteiger partial charge < -0.3 is 10.6 Å². The van der Waals surface area contributed by atoms with Gasteiger partial charge in [-0.1, -0.05) is 13.8 Å². The highest BCUT2D eigenvalue weighted by molar-refractivity contribution is 5.57. The van der Waals surface area contributed by atoms with E-state index in [0.717, 1.165) is 24.0 Å². The largest absolute Gasteiger partial charge is 0.373 e. The number of nitrogens with zero attached hydrogens (tertiary/aromatic N) is 2. The summed E-state index contributed by atoms with van der Waals surface area (Å²) in [6, 6.07) is 0.575. The fraction of sp³-hybridized carbons (Fsp3) is 0.714. The molecule has 2 N–H and O–H groups in total. The minimum Gasteiger partial charge on any atom is -0.373 e. The first-order valence-corrected chi connectivity index (χ1v) is 7.02. The van der Waals surface area contributed by atoms with E-state index >= 15 is 0 Å². The number of rotatable bonds is 4. The summed E-state index contributed by atoms with van der Waals surface area (Å²) in [6.45, 7) is 4.49. The van der Waals surface area contributed by atoms with Gasteiger partial charge in [-0.2, -0.15) is 0 Å². The summed E-state index contributed by atoms with van der Waals surface area (Å²) in [4.78, 5) is 8.68. The molecule has 0 unspecified atom stereocenters. The van der Waals surface area contributed by atoms with E-state index < -0.39 is 0 Å². The summed E-state index contributed by atoms with van der Waals surface area (Å²) in [6.07, 6.45) is 7.74. The van der Waals surface area contributed by atoms with Gasteiger partial charge in [-0.05, 0) is 38.0 Å². The van der Waals surface area contributed by atoms with Crippen LogP contribution in [0.25, 0.3) is 0 Å². The SMILES string of the molecule is CCc1c(NC)ncnc1NC1CCC(C)CC1. The normalized spacial score (nSPS) is 23.7. The van der Waals surface area contributed by atoms with Crippen LogP contribution in [0.5, 0.6) is 0 Å². The molecule has 18 heavy (non-hydrogen) atoms. The van der Waals surface area contributed by atoms with E-state index in [-0.39, 0.29) is 0 Å². The molecule has 0 atom stereocenters. The molecule has 0 spiro atoms. The fourth-order valence-electron chi connectivity index (χ4n) is 2.68. The Kier molecular flexibility index (Phi) is 4.39. The molecule has 100 valence electrons. The summed E-state index contributed by atoms with van der Waals surface area (Å²) >= 11 is 0. The van der Waals surface area contributed by atoms with Gasteiger partial charge in [-0.25, -0.2) is 9.97 Å². The Hall–Kier alpha value is -1.32. The van der Waals surface area contributed by atoms with Gasteiger partial charge >= 0.3 is 0 Å². The second-order valence-corrected chi connectivity index (χ2v) is 5.25. The average Bonchev–Trinajstić information content (AvgIpc) is 2.41. The van der Waals surface area contributed by atoms with Crippen molar-refractivity contribution in [1.82, 2.24) is 9.97 Å². The van der Waals surface area contributed by atoms with Crippen LogP contribution in [-0.4, -0.2) is 23.1 Å². The summed E-state index contributed by atoms with van der Waals surface area (Å²) < 4.78 is 0. The van der Waals surface area contributed by atoms with E-state index in [0.29, 0.717) is 6.04 Å². The molecule has 1 aliphatic rings. The predicted octanol–water partition coefficient (Wildman–Crippen LogP) is 3.07. The van der Waals surface area contributed by atoms with Gasteiger partial charge in [-0.3, -0.25) is 0 Å². The third kappa shape index (κ3) is 2.92. The maximum atomic E-state index is 4.41. The maximum Gasteiger partial charge on any atom is 0.134 e. The van der Waals surface area contributed by atoms with Crippen LogP contribution >= 0.6 is 0 Å². The lowest BCUT2D eigenvalue weighted by molar-refractivity contribution is 0.360. The lowest BCUT2D eigenvalue weighted by Crippen LogP contribution is -2.26. The molecule has 4 nitrogen and oxygen atoms in total. The number of anilines is 2. The minimum atomic E-state index is 0.575. The molecule has 2 rings (SSSR count). The van der Waals surface area contributed by atoms with Crippen molar-refractivity contribution >= 4 is 11.6 Å². The molecule has 0 bridgehead atoms. The summed E-state index contributed by atoms with van der Waals surface area (Å²) in [5.41, 5.74) is 1.19. The topological polar surface area (TPSA) is 49.8 Å². The Morgan fingerprint density at radius 1 is 1.17 bits per heavy atom. The Bertz CT molecular complexity index is 383. The van der Waals surface area contributed by atoms with Crippen LogP contribution in [0.3, 0.4) is 0 Å². The van der Waals surface area contributed by atoms with Crippen molar-refractivity contribution in [3.05, 3.63) is 11.9 Å². The van der Waals surface area contributed by atoms with Gasteiger partial charge in [-0.15, -0.1) is 0 Å². The average molecular weight is 248 g/mol. The molecule has 0 amide bonds. The molecule has 1 fully saturated rings. The first-order valence-electron chi connectivity index (χ1n) is 7.02. The molecular formula is C14H24N4. The minimum absolute atomic E-state index is 0.575. The molecule has 1 saturated carbocycles. The zero-order valence-electron chi connectivity index (χ0n) is 11.7. The van der Waals surface area contributed by atoms with Crippen LogP contribution in [0.15, 0.2) is 6.33 Å². The van der Waals surface area contributed by atoms with E-state index in [4.69, 9.17) is 0 Å². The highest BCUT2D eigenvalue weighted by Crippen LogP contribution is 2.27. The van der Waals surface area contributed by atoms with Gasteiger partial charge in [0.1, 0.15) is 18.0 Å². The van der Waals surface area contributed by atoms with Gasteiger partial charge in [0.2, 0.25) is 0 Å². The van der Waals surface area contributed by atoms with E-state index in [9.17, 15) is 0 Å². The third-order valence-electron chi connectivity index (χ3n) is 3.89. The molecule has 1 aromatic rings. The smallest absolute Gasteiger partial charge is 0.134 e. The van der Waals surface area contributed by atoms with E-state index in [1.165, 1.54) is 31.2 Å². The standard InChI is InChI=1S/C14H24N4/c1-4-12-13(15-3)16-9-17-14(12)18-11-7-5-10(2)6-8-11/h9-11H,4-8H2,1-3H3,(H2,15,16,17,18). The van der Waals surface area contributed by atoms with Crippen LogP contribution in [0.4, 0.5) is 11.6 Å². The van der Waals surface area contributed by atoms with Crippen LogP contribution in [0.1, 0.15) is 45.1 Å². The second-order valence-electron chi connectivity index (χ2n) is 5.25. The predicted molar refractivity (Wildman–Crippen MR) is 76.0 cm³/mol. The van der Waals surface area contributed by atoms with E-state index in [1.54, 1.807) is 6.33 Å². The van der Waals surface area contributed by atoms with Crippen molar-refractivity contribution in [2.75, 3.05) is 17.7 Å². The Morgan fingerprint density at radius 3 is 2.44 bits per heavy atom. The number of nitrogens with one attached hydrogen (secondary N) is 2. The molecule has 0 radical (unpaired) electrons. The summed E-state index contributed by atoms with van der Waals surface area (Å²) in [5, 5.41) is 6.74. The van der Waals surface area contributed by atoms with Crippen molar-refractivity contribution in [3.8, 4) is 0 Å². The van der Waals surface area contributed by atoms with Crippen molar-refractivity contribution in [1.29, 1.82) is 0 Å². The molecule has 1 aromatic heterocycles. The summed E-state index contributed by atoms with van der Waals surface area (Å²) in [5.74, 6) is 2.84. The molecule has 0 aliphatic heterocycles. The Balaban J connectivity index is 2.09. The van der Waals surface area contributed by atoms with Gasteiger partial charge in [0, 0.05) is 18.7 Å². The lowest BCUT2D eigenvalue weighted by atomic mass is 9.87. The highest BCUT2D eigenvalue weighted by Gasteiger charge is 2.19. The number of hydrogen-bond acceptors (Lipinski definition) is 4. The van der Waals surface area contributed by atoms with Crippen molar-refractivity contribution < 1.29 is 0 Å². The zero-order chi connectivity index (χ0) is 13.0. The molecule has 0 aromatic carbocycles. The molecule has 4 heteroatoms. The van der Waals surface area contributed by atoms with Crippen molar-refractivity contribution in [2.24, 2.45) is 5.92 Å². The maximum absolute atomic E-state index is 4.41. The van der Waals surface area contributed by atoms with Gasteiger partial charge in [0.15, 0.2) is 0 Å². The highest BCUT2D eigenvalue weighted by atomic mass is 15.1. The number of aromatic nitrogens is 2. The molecule has 1 heterocycles. The van der Waals surface area contributed by atoms with Crippen molar-refractivity contribution in [2.45, 2.75) is 52.0 Å². The Morgan fingerprint density at radius 2 is 1.83 bits per heavy atom. The van der Waals surface area contributed by atoms with Gasteiger partial charge in [0.05, 0.1) is 0 Å². The molecule has 1 aliphatic carbocycles. The quantitative estimate of drug-likeness (QED) is 0.859. The number of hydrogen-bond donors (Lipinski definition) is 2. The monoisotopic (exact) mass is 248 g/mol. The molecular weight excluding hydrogens is 224 g/mol. The zero-order valence-corrected chi connectivity index (χ0v) is 11.7. The van der Waals surface area contributed by atoms with Gasteiger partial charge in [0.25, 0.3) is 0 Å². The first kappa shape index (κ1) is 13.1. The second kappa shape index (κ2) is 6.03. The van der Waals surface area contributed by atoms with E-state index in [2.05, 4.69) is 34.4 Å². The van der Waals surface area contributed by atoms with E-state index in [1.807, 2.05) is 7.05 Å². The van der Waals surface area contributed by atoms with Crippen LogP contribution < -0.4 is 10.6 Å². The Labute approximate surface area is 110 Å². The summed E-state index contributed by atoms with van der Waals surface area (Å²) in [7, 11) is 1.91. The van der Waals surface area contributed by atoms with Crippen LogP contribution in [-0.2, 0) is 6.42 Å². The molecule has 0 saturated heterocycles. The fourth-order valence-corrected chi connectivity index (χ4v) is 2.68. The van der Waals surface area contributed by atoms with Crippen LogP contribution in [0.2, 0.25) is 0 Å². The van der Waals surface area contributed by atoms with Crippen molar-refractivity contribution in [3.63, 3.8) is 0 Å². The third-order valence-corrected chi connectivity index (χ3v) is 3.89. The lowest BCUT2D eigenvalue weighted by Gasteiger charge is -2.28. The van der Waals surface area contributed by atoms with Crippen LogP contribution in [0, 0.1) is 5.92 Å². The first-order chi connectivity index (χ1) is 8.74.